The minimum Gasteiger partial charge on any atom is -0.492 e. The maximum absolute atomic E-state index is 5.75. The predicted molar refractivity (Wildman–Crippen MR) is 74.4 cm³/mol. The summed E-state index contributed by atoms with van der Waals surface area (Å²) < 4.78 is 11.2. The molecule has 2 aromatic rings. The molecule has 0 fully saturated rings. The molecule has 4 nitrogen and oxygen atoms in total. The number of unbranched alkanes of at least 4 members (excludes halogenated alkanes) is 1. The van der Waals surface area contributed by atoms with Crippen LogP contribution in [0.4, 0.5) is 0 Å². The van der Waals surface area contributed by atoms with Crippen LogP contribution in [0.1, 0.15) is 19.8 Å². The summed E-state index contributed by atoms with van der Waals surface area (Å²) in [5.74, 6) is 2.06. The zero-order chi connectivity index (χ0) is 13.5. The molecule has 0 aliphatic rings. The molecule has 0 aliphatic heterocycles. The zero-order valence-corrected chi connectivity index (χ0v) is 11.3. The molecule has 1 aromatic heterocycles. The number of ether oxygens (including phenoxy) is 2. The van der Waals surface area contributed by atoms with Crippen LogP contribution in [-0.4, -0.2) is 23.7 Å². The Labute approximate surface area is 113 Å². The number of benzene rings is 1. The summed E-state index contributed by atoms with van der Waals surface area (Å²) in [6.45, 7) is 2.82. The molecule has 0 atom stereocenters. The smallest absolute Gasteiger partial charge is 0.171 e. The lowest BCUT2D eigenvalue weighted by Gasteiger charge is -2.13. The molecule has 0 unspecified atom stereocenters. The van der Waals surface area contributed by atoms with Gasteiger partial charge in [0.2, 0.25) is 0 Å². The van der Waals surface area contributed by atoms with E-state index in [1.54, 1.807) is 25.6 Å². The van der Waals surface area contributed by atoms with Crippen molar-refractivity contribution < 1.29 is 9.47 Å². The lowest BCUT2D eigenvalue weighted by molar-refractivity contribution is 0.289. The van der Waals surface area contributed by atoms with Crippen molar-refractivity contribution in [1.29, 1.82) is 0 Å². The fraction of sp³-hybridized carbons (Fsp3) is 0.333. The number of nitrogens with zero attached hydrogens (tertiary/aromatic N) is 2. The van der Waals surface area contributed by atoms with Gasteiger partial charge in [-0.15, -0.1) is 0 Å². The number of hydrogen-bond acceptors (Lipinski definition) is 4. The van der Waals surface area contributed by atoms with E-state index in [9.17, 15) is 0 Å². The lowest BCUT2D eigenvalue weighted by Crippen LogP contribution is -2.00. The van der Waals surface area contributed by atoms with Crippen molar-refractivity contribution in [3.63, 3.8) is 0 Å². The largest absolute Gasteiger partial charge is 0.492 e. The summed E-state index contributed by atoms with van der Waals surface area (Å²) in [4.78, 5) is 8.50. The number of hydrogen-bond donors (Lipinski definition) is 0. The van der Waals surface area contributed by atoms with Crippen molar-refractivity contribution in [1.82, 2.24) is 9.97 Å². The number of methoxy groups -OCH3 is 1. The third kappa shape index (κ3) is 3.22. The van der Waals surface area contributed by atoms with Gasteiger partial charge < -0.3 is 9.47 Å². The standard InChI is InChI=1S/C15H18N2O2/c1-3-4-11-19-13-8-5-7-12(14(13)18-2)15-16-9-6-10-17-15/h5-10H,3-4,11H2,1-2H3. The lowest BCUT2D eigenvalue weighted by atomic mass is 10.1. The molecule has 1 heterocycles. The van der Waals surface area contributed by atoms with Crippen molar-refractivity contribution >= 4 is 0 Å². The van der Waals surface area contributed by atoms with Crippen molar-refractivity contribution in [3.05, 3.63) is 36.7 Å². The van der Waals surface area contributed by atoms with Crippen LogP contribution in [0, 0.1) is 0 Å². The van der Waals surface area contributed by atoms with Crippen LogP contribution >= 0.6 is 0 Å². The molecular formula is C15H18N2O2. The van der Waals surface area contributed by atoms with Gasteiger partial charge in [0, 0.05) is 12.4 Å². The fourth-order valence-electron chi connectivity index (χ4n) is 1.78. The van der Waals surface area contributed by atoms with Crippen molar-refractivity contribution in [3.8, 4) is 22.9 Å². The highest BCUT2D eigenvalue weighted by Gasteiger charge is 2.13. The van der Waals surface area contributed by atoms with Crippen LogP contribution in [0.25, 0.3) is 11.4 Å². The van der Waals surface area contributed by atoms with Crippen LogP contribution < -0.4 is 9.47 Å². The Kier molecular flexibility index (Phi) is 4.72. The quantitative estimate of drug-likeness (QED) is 0.745. The third-order valence-corrected chi connectivity index (χ3v) is 2.75. The Morgan fingerprint density at radius 1 is 1.11 bits per heavy atom. The first-order chi connectivity index (χ1) is 9.36. The number of aromatic nitrogens is 2. The van der Waals surface area contributed by atoms with Crippen molar-refractivity contribution in [2.75, 3.05) is 13.7 Å². The van der Waals surface area contributed by atoms with Gasteiger partial charge in [0.05, 0.1) is 19.3 Å². The second kappa shape index (κ2) is 6.73. The summed E-state index contributed by atoms with van der Waals surface area (Å²) in [7, 11) is 1.63. The fourth-order valence-corrected chi connectivity index (χ4v) is 1.78. The van der Waals surface area contributed by atoms with Crippen LogP contribution in [0.15, 0.2) is 36.7 Å². The van der Waals surface area contributed by atoms with Crippen molar-refractivity contribution in [2.24, 2.45) is 0 Å². The SMILES string of the molecule is CCCCOc1cccc(-c2ncccn2)c1OC. The Balaban J connectivity index is 2.31. The number of rotatable bonds is 6. The first kappa shape index (κ1) is 13.3. The molecule has 0 aliphatic carbocycles. The van der Waals surface area contributed by atoms with E-state index in [0.717, 1.165) is 24.2 Å². The maximum Gasteiger partial charge on any atom is 0.171 e. The van der Waals surface area contributed by atoms with Gasteiger partial charge in [-0.1, -0.05) is 19.4 Å². The van der Waals surface area contributed by atoms with Crippen molar-refractivity contribution in [2.45, 2.75) is 19.8 Å². The average molecular weight is 258 g/mol. The zero-order valence-electron chi connectivity index (χ0n) is 11.3. The molecule has 0 saturated carbocycles. The first-order valence-electron chi connectivity index (χ1n) is 6.44. The van der Waals surface area contributed by atoms with E-state index >= 15 is 0 Å². The monoisotopic (exact) mass is 258 g/mol. The predicted octanol–water partition coefficient (Wildman–Crippen LogP) is 3.33. The van der Waals surface area contributed by atoms with E-state index in [4.69, 9.17) is 9.47 Å². The summed E-state index contributed by atoms with van der Waals surface area (Å²) >= 11 is 0. The van der Waals surface area contributed by atoms with Gasteiger partial charge in [-0.25, -0.2) is 9.97 Å². The Morgan fingerprint density at radius 3 is 2.58 bits per heavy atom. The summed E-state index contributed by atoms with van der Waals surface area (Å²) in [5, 5.41) is 0. The van der Waals surface area contributed by atoms with E-state index < -0.39 is 0 Å². The molecule has 19 heavy (non-hydrogen) atoms. The Morgan fingerprint density at radius 2 is 1.89 bits per heavy atom. The van der Waals surface area contributed by atoms with E-state index in [1.807, 2.05) is 18.2 Å². The van der Waals surface area contributed by atoms with Gasteiger partial charge >= 0.3 is 0 Å². The van der Waals surface area contributed by atoms with E-state index in [0.29, 0.717) is 18.2 Å². The van der Waals surface area contributed by atoms with Crippen LogP contribution in [-0.2, 0) is 0 Å². The van der Waals surface area contributed by atoms with Crippen LogP contribution in [0.2, 0.25) is 0 Å². The van der Waals surface area contributed by atoms with Gasteiger partial charge in [0.1, 0.15) is 0 Å². The highest BCUT2D eigenvalue weighted by molar-refractivity contribution is 5.68. The van der Waals surface area contributed by atoms with E-state index in [-0.39, 0.29) is 0 Å². The molecule has 0 spiro atoms. The molecular weight excluding hydrogens is 240 g/mol. The molecule has 2 rings (SSSR count). The molecule has 4 heteroatoms. The normalized spacial score (nSPS) is 10.2. The summed E-state index contributed by atoms with van der Waals surface area (Å²) in [6, 6.07) is 7.55. The maximum atomic E-state index is 5.75. The summed E-state index contributed by atoms with van der Waals surface area (Å²) in [6.07, 6.45) is 5.55. The molecule has 0 radical (unpaired) electrons. The molecule has 1 aromatic carbocycles. The molecule has 0 N–H and O–H groups in total. The minimum absolute atomic E-state index is 0.639. The molecule has 100 valence electrons. The van der Waals surface area contributed by atoms with E-state index in [2.05, 4.69) is 16.9 Å². The summed E-state index contributed by atoms with van der Waals surface area (Å²) in [5.41, 5.74) is 0.845. The highest BCUT2D eigenvalue weighted by Crippen LogP contribution is 2.36. The molecule has 0 amide bonds. The average Bonchev–Trinajstić information content (AvgIpc) is 2.48. The van der Waals surface area contributed by atoms with Gasteiger partial charge in [-0.3, -0.25) is 0 Å². The first-order valence-corrected chi connectivity index (χ1v) is 6.44. The third-order valence-electron chi connectivity index (χ3n) is 2.75. The minimum atomic E-state index is 0.639. The van der Waals surface area contributed by atoms with Gasteiger partial charge in [0.25, 0.3) is 0 Å². The topological polar surface area (TPSA) is 44.2 Å². The number of para-hydroxylation sites is 1. The van der Waals surface area contributed by atoms with Gasteiger partial charge in [-0.05, 0) is 24.6 Å². The molecule has 0 saturated heterocycles. The van der Waals surface area contributed by atoms with E-state index in [1.165, 1.54) is 0 Å². The Bertz CT molecular complexity index is 515. The molecule has 0 bridgehead atoms. The van der Waals surface area contributed by atoms with Gasteiger partial charge in [-0.2, -0.15) is 0 Å². The highest BCUT2D eigenvalue weighted by atomic mass is 16.5. The Hall–Kier alpha value is -2.10. The van der Waals surface area contributed by atoms with Gasteiger partial charge in [0.15, 0.2) is 17.3 Å². The van der Waals surface area contributed by atoms with Crippen LogP contribution in [0.3, 0.4) is 0 Å². The second-order valence-electron chi connectivity index (χ2n) is 4.11. The van der Waals surface area contributed by atoms with Crippen LogP contribution in [0.5, 0.6) is 11.5 Å². The second-order valence-corrected chi connectivity index (χ2v) is 4.11.